The quantitative estimate of drug-likeness (QED) is 0.485. The molecule has 0 aliphatic heterocycles. The van der Waals surface area contributed by atoms with Crippen LogP contribution < -0.4 is 0 Å². The van der Waals surface area contributed by atoms with E-state index in [1.165, 1.54) is 5.56 Å². The molecule has 3 heteroatoms. The molecular formula is C19H21NO2. The van der Waals surface area contributed by atoms with Gasteiger partial charge in [-0.3, -0.25) is 0 Å². The first-order valence-electron chi connectivity index (χ1n) is 7.33. The number of phenols is 1. The van der Waals surface area contributed by atoms with E-state index >= 15 is 0 Å². The van der Waals surface area contributed by atoms with Gasteiger partial charge in [-0.2, -0.15) is 0 Å². The number of hydrogen-bond acceptors (Lipinski definition) is 3. The number of rotatable bonds is 5. The molecule has 3 nitrogen and oxygen atoms in total. The van der Waals surface area contributed by atoms with Crippen molar-refractivity contribution in [3.8, 4) is 5.75 Å². The van der Waals surface area contributed by atoms with Crippen molar-refractivity contribution in [1.82, 2.24) is 0 Å². The van der Waals surface area contributed by atoms with Crippen LogP contribution in [0.3, 0.4) is 0 Å². The lowest BCUT2D eigenvalue weighted by Gasteiger charge is -2.05. The molecule has 0 unspecified atom stereocenters. The minimum atomic E-state index is 0.266. The molecule has 2 N–H and O–H groups in total. The van der Waals surface area contributed by atoms with E-state index in [1.54, 1.807) is 12.2 Å². The van der Waals surface area contributed by atoms with Crippen molar-refractivity contribution in [3.05, 3.63) is 70.8 Å². The van der Waals surface area contributed by atoms with Crippen LogP contribution in [0, 0.1) is 13.8 Å². The van der Waals surface area contributed by atoms with Gasteiger partial charge >= 0.3 is 0 Å². The van der Waals surface area contributed by atoms with Crippen LogP contribution in [-0.4, -0.2) is 16.0 Å². The molecule has 0 fully saturated rings. The van der Waals surface area contributed by atoms with Crippen molar-refractivity contribution >= 4 is 11.8 Å². The number of phenolic OH excluding ortho intramolecular Hbond substituents is 1. The summed E-state index contributed by atoms with van der Waals surface area (Å²) in [6.45, 7) is 3.86. The third kappa shape index (κ3) is 4.22. The average Bonchev–Trinajstić information content (AvgIpc) is 2.52. The standard InChI is InChI=1S/C19H21NO2/c1-14-12-15(2)19(21)17(13-14)9-11-18(20-22)10-8-16-6-4-3-5-7-16/h3-7,9,11-13,21-22H,8,10H2,1-2H3/b11-9+,20-18+. The van der Waals surface area contributed by atoms with Crippen LogP contribution in [0.25, 0.3) is 6.08 Å². The van der Waals surface area contributed by atoms with Crippen LogP contribution in [0.5, 0.6) is 5.75 Å². The van der Waals surface area contributed by atoms with Gasteiger partial charge < -0.3 is 10.3 Å². The highest BCUT2D eigenvalue weighted by atomic mass is 16.4. The fourth-order valence-electron chi connectivity index (χ4n) is 2.39. The van der Waals surface area contributed by atoms with E-state index in [4.69, 9.17) is 5.21 Å². The van der Waals surface area contributed by atoms with E-state index < -0.39 is 0 Å². The van der Waals surface area contributed by atoms with Gasteiger partial charge in [0.05, 0.1) is 5.71 Å². The topological polar surface area (TPSA) is 52.8 Å². The first-order chi connectivity index (χ1) is 10.6. The summed E-state index contributed by atoms with van der Waals surface area (Å²) in [5.74, 6) is 0.266. The van der Waals surface area contributed by atoms with E-state index in [0.29, 0.717) is 12.1 Å². The Morgan fingerprint density at radius 2 is 1.86 bits per heavy atom. The summed E-state index contributed by atoms with van der Waals surface area (Å²) in [6.07, 6.45) is 4.98. The van der Waals surface area contributed by atoms with E-state index in [2.05, 4.69) is 17.3 Å². The Kier molecular flexibility index (Phi) is 5.37. The van der Waals surface area contributed by atoms with Crippen LogP contribution >= 0.6 is 0 Å². The molecule has 0 aromatic heterocycles. The number of aromatic hydroxyl groups is 1. The Morgan fingerprint density at radius 3 is 2.55 bits per heavy atom. The van der Waals surface area contributed by atoms with E-state index in [-0.39, 0.29) is 5.75 Å². The molecular weight excluding hydrogens is 274 g/mol. The fraction of sp³-hybridized carbons (Fsp3) is 0.211. The molecule has 0 spiro atoms. The van der Waals surface area contributed by atoms with Crippen LogP contribution in [0.4, 0.5) is 0 Å². The van der Waals surface area contributed by atoms with Gasteiger partial charge in [0.15, 0.2) is 0 Å². The first-order valence-corrected chi connectivity index (χ1v) is 7.33. The van der Waals surface area contributed by atoms with Crippen molar-refractivity contribution in [1.29, 1.82) is 0 Å². The highest BCUT2D eigenvalue weighted by Gasteiger charge is 2.04. The predicted molar refractivity (Wildman–Crippen MR) is 90.6 cm³/mol. The Bertz CT molecular complexity index is 688. The zero-order valence-corrected chi connectivity index (χ0v) is 13.0. The molecule has 0 bridgehead atoms. The summed E-state index contributed by atoms with van der Waals surface area (Å²) in [7, 11) is 0. The molecule has 0 saturated carbocycles. The molecule has 114 valence electrons. The summed E-state index contributed by atoms with van der Waals surface area (Å²) in [6, 6.07) is 13.9. The lowest BCUT2D eigenvalue weighted by molar-refractivity contribution is 0.318. The molecule has 0 aliphatic rings. The Balaban J connectivity index is 2.07. The molecule has 0 aliphatic carbocycles. The maximum atomic E-state index is 10.1. The normalized spacial score (nSPS) is 12.0. The molecule has 0 atom stereocenters. The van der Waals surface area contributed by atoms with Crippen LogP contribution in [-0.2, 0) is 6.42 Å². The zero-order chi connectivity index (χ0) is 15.9. The highest BCUT2D eigenvalue weighted by Crippen LogP contribution is 2.25. The Morgan fingerprint density at radius 1 is 1.14 bits per heavy atom. The monoisotopic (exact) mass is 295 g/mol. The van der Waals surface area contributed by atoms with Crippen LogP contribution in [0.15, 0.2) is 53.7 Å². The summed E-state index contributed by atoms with van der Waals surface area (Å²) in [4.78, 5) is 0. The van der Waals surface area contributed by atoms with Gasteiger partial charge in [-0.15, -0.1) is 0 Å². The summed E-state index contributed by atoms with van der Waals surface area (Å²) in [5.41, 5.74) is 4.44. The number of nitrogens with zero attached hydrogens (tertiary/aromatic N) is 1. The van der Waals surface area contributed by atoms with Gasteiger partial charge in [0, 0.05) is 5.56 Å². The first kappa shape index (κ1) is 15.8. The molecule has 2 aromatic carbocycles. The molecule has 2 aromatic rings. The molecule has 2 rings (SSSR count). The number of benzene rings is 2. The van der Waals surface area contributed by atoms with Gasteiger partial charge in [-0.1, -0.05) is 47.1 Å². The SMILES string of the molecule is Cc1cc(C)c(O)c(/C=C/C(CCc2ccccc2)=N/O)c1. The van der Waals surface area contributed by atoms with E-state index in [9.17, 15) is 5.11 Å². The minimum Gasteiger partial charge on any atom is -0.507 e. The van der Waals surface area contributed by atoms with Gasteiger partial charge in [0.2, 0.25) is 0 Å². The number of oxime groups is 1. The van der Waals surface area contributed by atoms with Crippen molar-refractivity contribution in [2.24, 2.45) is 5.16 Å². The van der Waals surface area contributed by atoms with Gasteiger partial charge in [0.25, 0.3) is 0 Å². The largest absolute Gasteiger partial charge is 0.507 e. The van der Waals surface area contributed by atoms with Gasteiger partial charge in [0.1, 0.15) is 5.75 Å². The average molecular weight is 295 g/mol. The molecule has 0 amide bonds. The maximum absolute atomic E-state index is 10.1. The van der Waals surface area contributed by atoms with Gasteiger partial charge in [-0.05, 0) is 56.0 Å². The highest BCUT2D eigenvalue weighted by molar-refractivity contribution is 5.98. The van der Waals surface area contributed by atoms with Crippen LogP contribution in [0.2, 0.25) is 0 Å². The zero-order valence-electron chi connectivity index (χ0n) is 13.0. The third-order valence-corrected chi connectivity index (χ3v) is 3.57. The van der Waals surface area contributed by atoms with E-state index in [0.717, 1.165) is 23.1 Å². The number of allylic oxidation sites excluding steroid dienone is 1. The predicted octanol–water partition coefficient (Wildman–Crippen LogP) is 4.49. The number of aryl methyl sites for hydroxylation is 3. The summed E-state index contributed by atoms with van der Waals surface area (Å²) in [5, 5.41) is 22.5. The van der Waals surface area contributed by atoms with Crippen molar-refractivity contribution < 1.29 is 10.3 Å². The third-order valence-electron chi connectivity index (χ3n) is 3.57. The van der Waals surface area contributed by atoms with Crippen LogP contribution in [0.1, 0.15) is 28.7 Å². The second-order valence-electron chi connectivity index (χ2n) is 5.43. The lowest BCUT2D eigenvalue weighted by atomic mass is 10.0. The van der Waals surface area contributed by atoms with Crippen molar-refractivity contribution in [3.63, 3.8) is 0 Å². The Hall–Kier alpha value is -2.55. The van der Waals surface area contributed by atoms with Crippen molar-refractivity contribution in [2.75, 3.05) is 0 Å². The minimum absolute atomic E-state index is 0.266. The maximum Gasteiger partial charge on any atom is 0.125 e. The Labute approximate surface area is 131 Å². The molecule has 0 radical (unpaired) electrons. The molecule has 22 heavy (non-hydrogen) atoms. The number of hydrogen-bond donors (Lipinski definition) is 2. The molecule has 0 heterocycles. The molecule has 0 saturated heterocycles. The summed E-state index contributed by atoms with van der Waals surface area (Å²) >= 11 is 0. The van der Waals surface area contributed by atoms with Gasteiger partial charge in [-0.25, -0.2) is 0 Å². The second kappa shape index (κ2) is 7.46. The summed E-state index contributed by atoms with van der Waals surface area (Å²) < 4.78 is 0. The second-order valence-corrected chi connectivity index (χ2v) is 5.43. The fourth-order valence-corrected chi connectivity index (χ4v) is 2.39. The van der Waals surface area contributed by atoms with Crippen molar-refractivity contribution in [2.45, 2.75) is 26.7 Å². The van der Waals surface area contributed by atoms with E-state index in [1.807, 2.05) is 44.2 Å². The smallest absolute Gasteiger partial charge is 0.125 e. The lowest BCUT2D eigenvalue weighted by Crippen LogP contribution is -1.97.